The molecule has 0 aliphatic carbocycles. The summed E-state index contributed by atoms with van der Waals surface area (Å²) in [5.41, 5.74) is -0.384. The first kappa shape index (κ1) is 19.3. The molecule has 0 bridgehead atoms. The van der Waals surface area contributed by atoms with Gasteiger partial charge in [0.15, 0.2) is 0 Å². The highest BCUT2D eigenvalue weighted by molar-refractivity contribution is 7.13. The van der Waals surface area contributed by atoms with Crippen molar-refractivity contribution in [3.05, 3.63) is 21.9 Å². The first-order valence-corrected chi connectivity index (χ1v) is 10.2. The molecule has 2 fully saturated rings. The average Bonchev–Trinajstić information content (AvgIpc) is 3.09. The van der Waals surface area contributed by atoms with Crippen LogP contribution < -0.4 is 10.6 Å². The van der Waals surface area contributed by atoms with Crippen LogP contribution in [0.3, 0.4) is 0 Å². The minimum absolute atomic E-state index is 0.00193. The molecule has 0 radical (unpaired) electrons. The van der Waals surface area contributed by atoms with Gasteiger partial charge in [-0.15, -0.1) is 11.3 Å². The third-order valence-corrected chi connectivity index (χ3v) is 6.52. The average molecular weight is 380 g/mol. The number of piperidine rings is 2. The molecule has 2 aliphatic heterocycles. The molecule has 144 valence electrons. The molecule has 3 heterocycles. The van der Waals surface area contributed by atoms with Gasteiger partial charge in [-0.2, -0.15) is 0 Å². The van der Waals surface area contributed by atoms with Crippen LogP contribution in [0.4, 0.5) is 0 Å². The van der Waals surface area contributed by atoms with E-state index in [0.29, 0.717) is 19.7 Å². The Morgan fingerprint density at radius 3 is 2.58 bits per heavy atom. The third-order valence-electron chi connectivity index (χ3n) is 5.52. The second-order valence-corrected chi connectivity index (χ2v) is 8.70. The molecular weight excluding hydrogens is 350 g/mol. The molecule has 2 aliphatic rings. The fourth-order valence-corrected chi connectivity index (χ4v) is 4.75. The van der Waals surface area contributed by atoms with Crippen LogP contribution >= 0.6 is 11.3 Å². The lowest BCUT2D eigenvalue weighted by molar-refractivity contribution is -0.148. The van der Waals surface area contributed by atoms with Gasteiger partial charge in [0.25, 0.3) is 5.91 Å². The van der Waals surface area contributed by atoms with Crippen molar-refractivity contribution >= 4 is 23.2 Å². The second kappa shape index (κ2) is 8.50. The standard InChI is InChI=1S/C19H29N3O3S/c1-14-3-4-16(26-14)17(23)21-15-5-11-22(12-6-15)18(24)19(13-25-2)7-9-20-10-8-19/h3-4,15,20H,5-13H2,1-2H3,(H,21,23). The van der Waals surface area contributed by atoms with E-state index in [1.807, 2.05) is 24.0 Å². The van der Waals surface area contributed by atoms with Crippen molar-refractivity contribution in [2.24, 2.45) is 5.41 Å². The van der Waals surface area contributed by atoms with Crippen LogP contribution in [0.25, 0.3) is 0 Å². The number of methoxy groups -OCH3 is 1. The van der Waals surface area contributed by atoms with Crippen LogP contribution in [0.5, 0.6) is 0 Å². The van der Waals surface area contributed by atoms with Crippen molar-refractivity contribution in [3.8, 4) is 0 Å². The van der Waals surface area contributed by atoms with Crippen LogP contribution in [0.15, 0.2) is 12.1 Å². The summed E-state index contributed by atoms with van der Waals surface area (Å²) in [5, 5.41) is 6.45. The Balaban J connectivity index is 1.54. The van der Waals surface area contributed by atoms with Gasteiger partial charge in [-0.25, -0.2) is 0 Å². The van der Waals surface area contributed by atoms with Gasteiger partial charge in [-0.1, -0.05) is 0 Å². The van der Waals surface area contributed by atoms with Crippen LogP contribution in [-0.4, -0.2) is 62.7 Å². The highest BCUT2D eigenvalue weighted by Gasteiger charge is 2.43. The summed E-state index contributed by atoms with van der Waals surface area (Å²) < 4.78 is 5.39. The fourth-order valence-electron chi connectivity index (χ4n) is 3.98. The van der Waals surface area contributed by atoms with Crippen molar-refractivity contribution in [2.45, 2.75) is 38.6 Å². The summed E-state index contributed by atoms with van der Waals surface area (Å²) in [6, 6.07) is 3.98. The molecule has 0 saturated carbocycles. The van der Waals surface area contributed by atoms with Gasteiger partial charge < -0.3 is 20.3 Å². The van der Waals surface area contributed by atoms with Crippen molar-refractivity contribution < 1.29 is 14.3 Å². The van der Waals surface area contributed by atoms with Crippen molar-refractivity contribution in [1.82, 2.24) is 15.5 Å². The minimum atomic E-state index is -0.384. The molecule has 2 N–H and O–H groups in total. The Morgan fingerprint density at radius 2 is 2.00 bits per heavy atom. The second-order valence-electron chi connectivity index (χ2n) is 7.41. The van der Waals surface area contributed by atoms with E-state index in [-0.39, 0.29) is 23.3 Å². The van der Waals surface area contributed by atoms with Gasteiger partial charge in [0, 0.05) is 31.1 Å². The number of aryl methyl sites for hydroxylation is 1. The summed E-state index contributed by atoms with van der Waals surface area (Å²) in [7, 11) is 1.67. The van der Waals surface area contributed by atoms with E-state index in [2.05, 4.69) is 10.6 Å². The number of thiophene rings is 1. The largest absolute Gasteiger partial charge is 0.384 e. The summed E-state index contributed by atoms with van der Waals surface area (Å²) in [4.78, 5) is 29.3. The molecular formula is C19H29N3O3S. The molecule has 1 aromatic heterocycles. The Morgan fingerprint density at radius 1 is 1.31 bits per heavy atom. The molecule has 7 heteroatoms. The smallest absolute Gasteiger partial charge is 0.261 e. The van der Waals surface area contributed by atoms with E-state index in [4.69, 9.17) is 4.74 Å². The van der Waals surface area contributed by atoms with E-state index >= 15 is 0 Å². The lowest BCUT2D eigenvalue weighted by Crippen LogP contribution is -2.55. The number of rotatable bonds is 5. The Hall–Kier alpha value is -1.44. The molecule has 0 unspecified atom stereocenters. The maximum atomic E-state index is 13.2. The molecule has 3 rings (SSSR count). The molecule has 26 heavy (non-hydrogen) atoms. The SMILES string of the molecule is COCC1(C(=O)N2CCC(NC(=O)c3ccc(C)s3)CC2)CCNCC1. The molecule has 1 aromatic rings. The van der Waals surface area contributed by atoms with Crippen LogP contribution in [0.2, 0.25) is 0 Å². The highest BCUT2D eigenvalue weighted by Crippen LogP contribution is 2.32. The number of likely N-dealkylation sites (tertiary alicyclic amines) is 1. The molecule has 0 atom stereocenters. The molecule has 2 saturated heterocycles. The quantitative estimate of drug-likeness (QED) is 0.818. The van der Waals surface area contributed by atoms with Crippen molar-refractivity contribution in [3.63, 3.8) is 0 Å². The lowest BCUT2D eigenvalue weighted by atomic mass is 9.78. The number of hydrogen-bond donors (Lipinski definition) is 2. The maximum Gasteiger partial charge on any atom is 0.261 e. The topological polar surface area (TPSA) is 70.7 Å². The number of hydrogen-bond acceptors (Lipinski definition) is 5. The lowest BCUT2D eigenvalue weighted by Gasteiger charge is -2.42. The third kappa shape index (κ3) is 4.27. The molecule has 0 spiro atoms. The monoisotopic (exact) mass is 379 g/mol. The maximum absolute atomic E-state index is 13.2. The number of carbonyl (C=O) groups is 2. The normalized spacial score (nSPS) is 20.8. The summed E-state index contributed by atoms with van der Waals surface area (Å²) >= 11 is 1.52. The predicted molar refractivity (Wildman–Crippen MR) is 103 cm³/mol. The zero-order valence-electron chi connectivity index (χ0n) is 15.7. The van der Waals surface area contributed by atoms with Crippen LogP contribution in [0.1, 0.15) is 40.2 Å². The number of nitrogens with one attached hydrogen (secondary N) is 2. The Labute approximate surface area is 159 Å². The van der Waals surface area contributed by atoms with E-state index in [1.54, 1.807) is 7.11 Å². The fraction of sp³-hybridized carbons (Fsp3) is 0.684. The van der Waals surface area contributed by atoms with E-state index < -0.39 is 0 Å². The number of amides is 2. The van der Waals surface area contributed by atoms with Gasteiger partial charge >= 0.3 is 0 Å². The van der Waals surface area contributed by atoms with Gasteiger partial charge in [0.05, 0.1) is 16.9 Å². The van der Waals surface area contributed by atoms with E-state index in [1.165, 1.54) is 11.3 Å². The first-order valence-electron chi connectivity index (χ1n) is 9.40. The van der Waals surface area contributed by atoms with Gasteiger partial charge in [-0.3, -0.25) is 9.59 Å². The predicted octanol–water partition coefficient (Wildman–Crippen LogP) is 1.79. The number of nitrogens with zero attached hydrogens (tertiary/aromatic N) is 1. The van der Waals surface area contributed by atoms with Crippen LogP contribution in [0, 0.1) is 12.3 Å². The summed E-state index contributed by atoms with van der Waals surface area (Å²) in [6.07, 6.45) is 3.27. The van der Waals surface area contributed by atoms with Gasteiger partial charge in [0.1, 0.15) is 0 Å². The first-order chi connectivity index (χ1) is 12.5. The molecule has 2 amide bonds. The number of ether oxygens (including phenoxy) is 1. The Bertz CT molecular complexity index is 626. The molecule has 0 aromatic carbocycles. The van der Waals surface area contributed by atoms with Crippen molar-refractivity contribution in [1.29, 1.82) is 0 Å². The zero-order valence-corrected chi connectivity index (χ0v) is 16.5. The van der Waals surface area contributed by atoms with Gasteiger partial charge in [-0.05, 0) is 57.8 Å². The summed E-state index contributed by atoms with van der Waals surface area (Å²) in [5.74, 6) is 0.224. The summed E-state index contributed by atoms with van der Waals surface area (Å²) in [6.45, 7) is 5.62. The molecule has 6 nitrogen and oxygen atoms in total. The number of carbonyl (C=O) groups excluding carboxylic acids is 2. The Kier molecular flexibility index (Phi) is 6.32. The van der Waals surface area contributed by atoms with Gasteiger partial charge in [0.2, 0.25) is 5.91 Å². The van der Waals surface area contributed by atoms with E-state index in [0.717, 1.165) is 48.5 Å². The zero-order chi connectivity index (χ0) is 18.6. The highest BCUT2D eigenvalue weighted by atomic mass is 32.1. The van der Waals surface area contributed by atoms with E-state index in [9.17, 15) is 9.59 Å². The van der Waals surface area contributed by atoms with Crippen molar-refractivity contribution in [2.75, 3.05) is 39.9 Å². The minimum Gasteiger partial charge on any atom is -0.384 e. The van der Waals surface area contributed by atoms with Crippen LogP contribution in [-0.2, 0) is 9.53 Å².